The van der Waals surface area contributed by atoms with Crippen LogP contribution in [0.5, 0.6) is 0 Å². The lowest BCUT2D eigenvalue weighted by atomic mass is 9.95. The number of thioether (sulfide) groups is 1. The molecule has 2 saturated heterocycles. The van der Waals surface area contributed by atoms with Crippen molar-refractivity contribution in [3.05, 3.63) is 64.2 Å². The quantitative estimate of drug-likeness (QED) is 0.710. The number of benzene rings is 2. The average Bonchev–Trinajstić information content (AvgIpc) is 2.84. The highest BCUT2D eigenvalue weighted by atomic mass is 32.2. The maximum atomic E-state index is 13.1. The van der Waals surface area contributed by atoms with Crippen LogP contribution in [0.3, 0.4) is 0 Å². The van der Waals surface area contributed by atoms with E-state index in [9.17, 15) is 14.4 Å². The maximum Gasteiger partial charge on any atom is 0.253 e. The summed E-state index contributed by atoms with van der Waals surface area (Å²) in [5.74, 6) is 1.66. The van der Waals surface area contributed by atoms with E-state index in [4.69, 9.17) is 0 Å². The molecule has 0 saturated carbocycles. The first kappa shape index (κ1) is 24.3. The third kappa shape index (κ3) is 5.63. The Balaban J connectivity index is 1.40. The molecule has 0 spiro atoms. The summed E-state index contributed by atoms with van der Waals surface area (Å²) in [4.78, 5) is 42.6. The molecule has 2 aromatic rings. The number of carbonyl (C=O) groups excluding carboxylic acids is 3. The summed E-state index contributed by atoms with van der Waals surface area (Å²) >= 11 is 1.87. The Kier molecular flexibility index (Phi) is 7.61. The zero-order valence-corrected chi connectivity index (χ0v) is 21.0. The van der Waals surface area contributed by atoms with E-state index in [2.05, 4.69) is 11.4 Å². The molecule has 4 rings (SSSR count). The molecule has 2 heterocycles. The minimum absolute atomic E-state index is 0.0144. The Morgan fingerprint density at radius 3 is 2.21 bits per heavy atom. The van der Waals surface area contributed by atoms with Crippen molar-refractivity contribution >= 4 is 35.2 Å². The molecule has 2 aliphatic heterocycles. The Hall–Kier alpha value is -2.80. The van der Waals surface area contributed by atoms with Crippen LogP contribution in [-0.2, 0) is 4.79 Å². The summed E-state index contributed by atoms with van der Waals surface area (Å²) in [5.41, 5.74) is 5.04. The molecule has 1 unspecified atom stereocenters. The number of nitrogens with one attached hydrogen (secondary N) is 1. The van der Waals surface area contributed by atoms with Crippen LogP contribution < -0.4 is 5.32 Å². The molecular weight excluding hydrogens is 446 g/mol. The fraction of sp³-hybridized carbons (Fsp3) is 0.444. The van der Waals surface area contributed by atoms with Gasteiger partial charge in [-0.3, -0.25) is 14.4 Å². The van der Waals surface area contributed by atoms with Crippen molar-refractivity contribution in [2.75, 3.05) is 43.0 Å². The summed E-state index contributed by atoms with van der Waals surface area (Å²) in [6, 6.07) is 11.3. The molecule has 34 heavy (non-hydrogen) atoms. The van der Waals surface area contributed by atoms with Gasteiger partial charge in [0.05, 0.1) is 5.92 Å². The zero-order valence-electron chi connectivity index (χ0n) is 20.2. The van der Waals surface area contributed by atoms with Gasteiger partial charge in [0, 0.05) is 54.5 Å². The van der Waals surface area contributed by atoms with E-state index in [1.54, 1.807) is 11.0 Å². The highest BCUT2D eigenvalue weighted by molar-refractivity contribution is 7.99. The van der Waals surface area contributed by atoms with Gasteiger partial charge in [0.25, 0.3) is 11.8 Å². The number of likely N-dealkylation sites (tertiary alicyclic amines) is 1. The van der Waals surface area contributed by atoms with E-state index >= 15 is 0 Å². The lowest BCUT2D eigenvalue weighted by molar-refractivity contribution is -0.121. The van der Waals surface area contributed by atoms with Crippen LogP contribution in [0.15, 0.2) is 36.4 Å². The van der Waals surface area contributed by atoms with Crippen LogP contribution in [-0.4, -0.2) is 65.2 Å². The summed E-state index contributed by atoms with van der Waals surface area (Å²) in [5, 5.41) is 3.04. The van der Waals surface area contributed by atoms with Gasteiger partial charge in [0.1, 0.15) is 0 Å². The molecule has 7 heteroatoms. The highest BCUT2D eigenvalue weighted by Crippen LogP contribution is 2.24. The minimum Gasteiger partial charge on any atom is -0.338 e. The first-order valence-corrected chi connectivity index (χ1v) is 13.1. The molecule has 6 nitrogen and oxygen atoms in total. The third-order valence-corrected chi connectivity index (χ3v) is 7.52. The second-order valence-electron chi connectivity index (χ2n) is 9.39. The van der Waals surface area contributed by atoms with Gasteiger partial charge < -0.3 is 15.1 Å². The third-order valence-electron chi connectivity index (χ3n) is 6.58. The fourth-order valence-electron chi connectivity index (χ4n) is 4.78. The molecule has 2 aromatic carbocycles. The van der Waals surface area contributed by atoms with Crippen LogP contribution in [0.1, 0.15) is 50.2 Å². The van der Waals surface area contributed by atoms with Gasteiger partial charge in [-0.1, -0.05) is 17.2 Å². The van der Waals surface area contributed by atoms with E-state index in [0.717, 1.165) is 54.1 Å². The van der Waals surface area contributed by atoms with Gasteiger partial charge >= 0.3 is 0 Å². The predicted octanol–water partition coefficient (Wildman–Crippen LogP) is 4.29. The monoisotopic (exact) mass is 479 g/mol. The number of rotatable bonds is 4. The van der Waals surface area contributed by atoms with Crippen molar-refractivity contribution in [3.63, 3.8) is 0 Å². The van der Waals surface area contributed by atoms with E-state index in [1.165, 1.54) is 0 Å². The summed E-state index contributed by atoms with van der Waals surface area (Å²) in [6.07, 6.45) is 1.56. The predicted molar refractivity (Wildman–Crippen MR) is 138 cm³/mol. The molecule has 180 valence electrons. The van der Waals surface area contributed by atoms with Gasteiger partial charge in [-0.25, -0.2) is 0 Å². The first-order chi connectivity index (χ1) is 16.3. The molecule has 3 amide bonds. The zero-order chi connectivity index (χ0) is 24.2. The summed E-state index contributed by atoms with van der Waals surface area (Å²) in [6.45, 7) is 8.53. The van der Waals surface area contributed by atoms with Gasteiger partial charge in [-0.05, 0) is 69.5 Å². The number of hydrogen-bond acceptors (Lipinski definition) is 4. The van der Waals surface area contributed by atoms with Crippen LogP contribution in [0.25, 0.3) is 0 Å². The summed E-state index contributed by atoms with van der Waals surface area (Å²) < 4.78 is 0. The van der Waals surface area contributed by atoms with Gasteiger partial charge in [-0.2, -0.15) is 11.8 Å². The number of carbonyl (C=O) groups is 3. The number of aryl methyl sites for hydroxylation is 3. The summed E-state index contributed by atoms with van der Waals surface area (Å²) in [7, 11) is 0. The second kappa shape index (κ2) is 10.6. The van der Waals surface area contributed by atoms with E-state index in [0.29, 0.717) is 29.9 Å². The molecular formula is C27H33N3O3S. The van der Waals surface area contributed by atoms with Gasteiger partial charge in [0.2, 0.25) is 5.91 Å². The molecule has 0 aliphatic carbocycles. The lowest BCUT2D eigenvalue weighted by Crippen LogP contribution is -2.43. The molecule has 1 atom stereocenters. The van der Waals surface area contributed by atoms with Gasteiger partial charge in [-0.15, -0.1) is 0 Å². The number of anilines is 1. The average molecular weight is 480 g/mol. The highest BCUT2D eigenvalue weighted by Gasteiger charge is 2.29. The Morgan fingerprint density at radius 2 is 1.53 bits per heavy atom. The van der Waals surface area contributed by atoms with E-state index in [1.807, 2.05) is 61.7 Å². The Labute approximate surface area is 206 Å². The Bertz CT molecular complexity index is 1070. The number of nitrogens with zero attached hydrogens (tertiary/aromatic N) is 2. The molecule has 0 radical (unpaired) electrons. The maximum absolute atomic E-state index is 13.1. The first-order valence-electron chi connectivity index (χ1n) is 12.0. The van der Waals surface area contributed by atoms with Gasteiger partial charge in [0.15, 0.2) is 0 Å². The van der Waals surface area contributed by atoms with Crippen LogP contribution in [0.2, 0.25) is 0 Å². The molecule has 2 aliphatic rings. The molecule has 2 fully saturated rings. The molecule has 1 N–H and O–H groups in total. The van der Waals surface area contributed by atoms with Crippen LogP contribution >= 0.6 is 11.8 Å². The molecule has 0 aromatic heterocycles. The number of hydrogen-bond donors (Lipinski definition) is 1. The standard InChI is InChI=1S/C27H33N3O3S/c1-18-13-19(2)15-23(14-18)27(33)30-8-4-5-22(17-30)25(31)28-24-7-6-21(16-20(24)3)26(32)29-9-11-34-12-10-29/h6-7,13-16,22H,4-5,8-12,17H2,1-3H3,(H,28,31). The smallest absolute Gasteiger partial charge is 0.253 e. The van der Waals surface area contributed by atoms with Crippen molar-refractivity contribution < 1.29 is 14.4 Å². The number of amides is 3. The van der Waals surface area contributed by atoms with Crippen molar-refractivity contribution in [2.45, 2.75) is 33.6 Å². The van der Waals surface area contributed by atoms with Crippen molar-refractivity contribution in [3.8, 4) is 0 Å². The SMILES string of the molecule is Cc1cc(C)cc(C(=O)N2CCCC(C(=O)Nc3ccc(C(=O)N4CCSCC4)cc3C)C2)c1. The van der Waals surface area contributed by atoms with Crippen molar-refractivity contribution in [2.24, 2.45) is 5.92 Å². The van der Waals surface area contributed by atoms with Crippen LogP contribution in [0.4, 0.5) is 5.69 Å². The topological polar surface area (TPSA) is 69.7 Å². The number of piperidine rings is 1. The van der Waals surface area contributed by atoms with Crippen LogP contribution in [0, 0.1) is 26.7 Å². The normalized spacial score (nSPS) is 18.5. The minimum atomic E-state index is -0.254. The molecule has 0 bridgehead atoms. The van der Waals surface area contributed by atoms with Crippen molar-refractivity contribution in [1.29, 1.82) is 0 Å². The lowest BCUT2D eigenvalue weighted by Gasteiger charge is -2.32. The largest absolute Gasteiger partial charge is 0.338 e. The van der Waals surface area contributed by atoms with Crippen molar-refractivity contribution in [1.82, 2.24) is 9.80 Å². The Morgan fingerprint density at radius 1 is 0.853 bits per heavy atom. The fourth-order valence-corrected chi connectivity index (χ4v) is 5.68. The van der Waals surface area contributed by atoms with E-state index in [-0.39, 0.29) is 23.6 Å². The second-order valence-corrected chi connectivity index (χ2v) is 10.6. The van der Waals surface area contributed by atoms with E-state index < -0.39 is 0 Å².